The van der Waals surface area contributed by atoms with Crippen molar-refractivity contribution in [3.05, 3.63) is 106 Å². The Bertz CT molecular complexity index is 1850. The van der Waals surface area contributed by atoms with Crippen molar-refractivity contribution in [2.75, 3.05) is 14.2 Å². The predicted molar refractivity (Wildman–Crippen MR) is 164 cm³/mol. The molecular formula is C34H33N3O7. The monoisotopic (exact) mass is 595 g/mol. The van der Waals surface area contributed by atoms with Crippen molar-refractivity contribution < 1.29 is 33.3 Å². The van der Waals surface area contributed by atoms with Crippen LogP contribution in [0.3, 0.4) is 0 Å². The van der Waals surface area contributed by atoms with Gasteiger partial charge in [-0.1, -0.05) is 47.7 Å². The van der Waals surface area contributed by atoms with E-state index in [1.165, 1.54) is 7.11 Å². The Labute approximate surface area is 255 Å². The molecule has 1 aromatic heterocycles. The molecule has 0 aliphatic heterocycles. The first-order valence-electron chi connectivity index (χ1n) is 13.9. The van der Waals surface area contributed by atoms with Gasteiger partial charge in [-0.25, -0.2) is 14.3 Å². The van der Waals surface area contributed by atoms with Gasteiger partial charge in [-0.15, -0.1) is 5.10 Å². The lowest BCUT2D eigenvalue weighted by Crippen LogP contribution is -2.17. The van der Waals surface area contributed by atoms with Gasteiger partial charge in [0.05, 0.1) is 19.7 Å². The van der Waals surface area contributed by atoms with E-state index in [0.717, 1.165) is 11.1 Å². The number of hydrogen-bond acceptors (Lipinski definition) is 9. The molecule has 0 radical (unpaired) electrons. The highest BCUT2D eigenvalue weighted by molar-refractivity contribution is 5.98. The fraction of sp³-hybridized carbons (Fsp3) is 0.235. The maximum Gasteiger partial charge on any atom is 0.347 e. The Hall–Kier alpha value is -5.38. The van der Waals surface area contributed by atoms with Crippen LogP contribution in [0, 0.1) is 27.7 Å². The number of fused-ring (bicyclic) bond motifs is 1. The Balaban J connectivity index is 1.52. The molecule has 226 valence electrons. The first kappa shape index (κ1) is 30.1. The average Bonchev–Trinajstić information content (AvgIpc) is 3.44. The second-order valence-corrected chi connectivity index (χ2v) is 10.3. The minimum Gasteiger partial charge on any atom is -0.496 e. The number of carbonyl (C=O) groups is 2. The van der Waals surface area contributed by atoms with Gasteiger partial charge in [0, 0.05) is 11.1 Å². The first-order chi connectivity index (χ1) is 21.2. The second-order valence-electron chi connectivity index (χ2n) is 10.3. The number of ether oxygens (including phenoxy) is 5. The molecule has 0 atom stereocenters. The van der Waals surface area contributed by atoms with E-state index in [9.17, 15) is 9.59 Å². The van der Waals surface area contributed by atoms with Gasteiger partial charge in [0.25, 0.3) is 0 Å². The lowest BCUT2D eigenvalue weighted by Gasteiger charge is -2.20. The predicted octanol–water partition coefficient (Wildman–Crippen LogP) is 6.29. The molecule has 0 saturated heterocycles. The minimum absolute atomic E-state index is 0.0538. The Kier molecular flexibility index (Phi) is 8.80. The molecule has 5 aromatic rings. The summed E-state index contributed by atoms with van der Waals surface area (Å²) in [5.41, 5.74) is 5.02. The van der Waals surface area contributed by atoms with Crippen molar-refractivity contribution in [1.29, 1.82) is 0 Å². The average molecular weight is 596 g/mol. The summed E-state index contributed by atoms with van der Waals surface area (Å²) in [5.74, 6) is 0.185. The van der Waals surface area contributed by atoms with Crippen LogP contribution in [-0.4, -0.2) is 41.2 Å². The zero-order valence-corrected chi connectivity index (χ0v) is 25.5. The summed E-state index contributed by atoms with van der Waals surface area (Å²) < 4.78 is 30.5. The van der Waals surface area contributed by atoms with Crippen molar-refractivity contribution in [2.24, 2.45) is 0 Å². The topological polar surface area (TPSA) is 111 Å². The van der Waals surface area contributed by atoms with Gasteiger partial charge in [0.2, 0.25) is 0 Å². The van der Waals surface area contributed by atoms with Gasteiger partial charge in [0.1, 0.15) is 46.2 Å². The van der Waals surface area contributed by atoms with Crippen LogP contribution < -0.4 is 18.9 Å². The largest absolute Gasteiger partial charge is 0.496 e. The van der Waals surface area contributed by atoms with Gasteiger partial charge >= 0.3 is 11.9 Å². The quantitative estimate of drug-likeness (QED) is 0.136. The lowest BCUT2D eigenvalue weighted by atomic mass is 10.0. The minimum atomic E-state index is -0.625. The first-order valence-corrected chi connectivity index (χ1v) is 13.9. The zero-order chi connectivity index (χ0) is 31.4. The van der Waals surface area contributed by atoms with Gasteiger partial charge in [-0.2, -0.15) is 0 Å². The Morgan fingerprint density at radius 2 is 1.39 bits per heavy atom. The molecule has 0 amide bonds. The van der Waals surface area contributed by atoms with Crippen LogP contribution in [-0.2, 0) is 18.1 Å². The summed E-state index contributed by atoms with van der Waals surface area (Å²) >= 11 is 0. The second kappa shape index (κ2) is 12.9. The molecule has 0 bridgehead atoms. The molecule has 0 unspecified atom stereocenters. The molecule has 1 heterocycles. The molecule has 5 rings (SSSR count). The molecule has 10 nitrogen and oxygen atoms in total. The normalized spacial score (nSPS) is 10.9. The molecule has 4 aromatic carbocycles. The summed E-state index contributed by atoms with van der Waals surface area (Å²) in [5, 5.41) is 8.37. The molecular weight excluding hydrogens is 562 g/mol. The Morgan fingerprint density at radius 1 is 0.750 bits per heavy atom. The van der Waals surface area contributed by atoms with Crippen LogP contribution in [0.1, 0.15) is 48.5 Å². The van der Waals surface area contributed by atoms with Gasteiger partial charge in [-0.3, -0.25) is 0 Å². The van der Waals surface area contributed by atoms with E-state index >= 15 is 0 Å². The van der Waals surface area contributed by atoms with Gasteiger partial charge in [0.15, 0.2) is 6.73 Å². The molecule has 0 aliphatic carbocycles. The third kappa shape index (κ3) is 5.92. The van der Waals surface area contributed by atoms with Crippen LogP contribution in [0.15, 0.2) is 66.7 Å². The highest BCUT2D eigenvalue weighted by atomic mass is 16.5. The maximum absolute atomic E-state index is 13.6. The summed E-state index contributed by atoms with van der Waals surface area (Å²) in [6, 6.07) is 20.2. The van der Waals surface area contributed by atoms with Crippen LogP contribution in [0.25, 0.3) is 11.0 Å². The lowest BCUT2D eigenvalue weighted by molar-refractivity contribution is 0.0464. The molecule has 0 N–H and O–H groups in total. The van der Waals surface area contributed by atoms with Crippen molar-refractivity contribution >= 4 is 23.0 Å². The number of benzene rings is 4. The summed E-state index contributed by atoms with van der Waals surface area (Å²) in [4.78, 5) is 27.1. The fourth-order valence-corrected chi connectivity index (χ4v) is 5.06. The SMILES string of the molecule is COc1cc(C)c(C(=O)Oc2cc(C)c(C(=O)OCc3ccccc3)c(OCn3nnc4ccccc43)c2C)c(OC)c1C. The standard InChI is InChI=1S/C34H33N3O7/c1-20-16-27(40-5)22(3)31(41-6)29(20)34(39)44-28-17-21(2)30(33(38)42-18-24-12-8-7-9-13-24)32(23(28)4)43-19-37-26-15-11-10-14-25(26)35-36-37/h7-17H,18-19H2,1-6H3. The van der Waals surface area contributed by atoms with E-state index in [0.29, 0.717) is 39.3 Å². The number of hydrogen-bond donors (Lipinski definition) is 0. The number of esters is 2. The van der Waals surface area contributed by atoms with Gasteiger partial charge in [-0.05, 0) is 68.7 Å². The van der Waals surface area contributed by atoms with Crippen LogP contribution >= 0.6 is 0 Å². The third-order valence-corrected chi connectivity index (χ3v) is 7.36. The van der Waals surface area contributed by atoms with Crippen molar-refractivity contribution in [2.45, 2.75) is 41.0 Å². The smallest absolute Gasteiger partial charge is 0.347 e. The van der Waals surface area contributed by atoms with Crippen molar-refractivity contribution in [1.82, 2.24) is 15.0 Å². The van der Waals surface area contributed by atoms with Crippen LogP contribution in [0.5, 0.6) is 23.0 Å². The van der Waals surface area contributed by atoms with Crippen LogP contribution in [0.2, 0.25) is 0 Å². The number of carbonyl (C=O) groups excluding carboxylic acids is 2. The molecule has 0 spiro atoms. The zero-order valence-electron chi connectivity index (χ0n) is 25.5. The number of para-hydroxylation sites is 1. The summed E-state index contributed by atoms with van der Waals surface area (Å²) in [6.45, 7) is 7.06. The molecule has 44 heavy (non-hydrogen) atoms. The van der Waals surface area contributed by atoms with Crippen molar-refractivity contribution in [3.8, 4) is 23.0 Å². The third-order valence-electron chi connectivity index (χ3n) is 7.36. The fourth-order valence-electron chi connectivity index (χ4n) is 5.06. The highest BCUT2D eigenvalue weighted by Gasteiger charge is 2.27. The van der Waals surface area contributed by atoms with E-state index < -0.39 is 11.9 Å². The van der Waals surface area contributed by atoms with E-state index in [4.69, 9.17) is 23.7 Å². The molecule has 0 aliphatic rings. The summed E-state index contributed by atoms with van der Waals surface area (Å²) in [6.07, 6.45) is 0. The highest BCUT2D eigenvalue weighted by Crippen LogP contribution is 2.38. The molecule has 10 heteroatoms. The number of aromatic nitrogens is 3. The van der Waals surface area contributed by atoms with Crippen molar-refractivity contribution in [3.63, 3.8) is 0 Å². The van der Waals surface area contributed by atoms with E-state index in [2.05, 4.69) is 10.3 Å². The number of methoxy groups -OCH3 is 2. The Morgan fingerprint density at radius 3 is 2.09 bits per heavy atom. The van der Waals surface area contributed by atoms with Crippen LogP contribution in [0.4, 0.5) is 0 Å². The van der Waals surface area contributed by atoms with E-state index in [-0.39, 0.29) is 36.0 Å². The van der Waals surface area contributed by atoms with Gasteiger partial charge < -0.3 is 23.7 Å². The number of nitrogens with zero attached hydrogens (tertiary/aromatic N) is 3. The van der Waals surface area contributed by atoms with E-state index in [1.54, 1.807) is 51.6 Å². The summed E-state index contributed by atoms with van der Waals surface area (Å²) in [7, 11) is 3.05. The molecule has 0 fully saturated rings. The maximum atomic E-state index is 13.6. The van der Waals surface area contributed by atoms with E-state index in [1.807, 2.05) is 54.6 Å². The number of aryl methyl sites for hydroxylation is 2. The number of rotatable bonds is 10. The molecule has 0 saturated carbocycles.